The van der Waals surface area contributed by atoms with E-state index in [1.165, 1.54) is 62.5 Å². The van der Waals surface area contributed by atoms with Gasteiger partial charge in [0.25, 0.3) is 0 Å². The molecular formula is C43H56S2. The molecule has 2 aliphatic carbocycles. The maximum Gasteiger partial charge on any atom is 0.0618 e. The summed E-state index contributed by atoms with van der Waals surface area (Å²) < 4.78 is -0.0598. The predicted molar refractivity (Wildman–Crippen MR) is 204 cm³/mol. The Morgan fingerprint density at radius 1 is 0.467 bits per heavy atom. The van der Waals surface area contributed by atoms with E-state index in [1.54, 1.807) is 22.3 Å². The number of benzene rings is 2. The van der Waals surface area contributed by atoms with Gasteiger partial charge in [-0.1, -0.05) is 119 Å². The Labute approximate surface area is 283 Å². The molecule has 4 aliphatic rings. The number of hydrogen-bond acceptors (Lipinski definition) is 2. The summed E-state index contributed by atoms with van der Waals surface area (Å²) in [5.41, 5.74) is 15.4. The van der Waals surface area contributed by atoms with Crippen LogP contribution in [0.1, 0.15) is 150 Å². The van der Waals surface area contributed by atoms with Gasteiger partial charge in [0.05, 0.1) is 9.49 Å². The summed E-state index contributed by atoms with van der Waals surface area (Å²) in [5.74, 6) is 0. The minimum Gasteiger partial charge on any atom is -0.112 e. The van der Waals surface area contributed by atoms with Gasteiger partial charge in [0.15, 0.2) is 0 Å². The van der Waals surface area contributed by atoms with Crippen molar-refractivity contribution in [1.29, 1.82) is 0 Å². The topological polar surface area (TPSA) is 0 Å². The van der Waals surface area contributed by atoms with Crippen LogP contribution in [-0.2, 0) is 21.7 Å². The van der Waals surface area contributed by atoms with E-state index in [1.807, 2.05) is 0 Å². The van der Waals surface area contributed by atoms with E-state index in [0.29, 0.717) is 0 Å². The molecule has 1 fully saturated rings. The molecule has 2 heterocycles. The molecule has 1 saturated carbocycles. The van der Waals surface area contributed by atoms with Gasteiger partial charge in [-0.15, -0.1) is 23.5 Å². The zero-order chi connectivity index (χ0) is 33.1. The van der Waals surface area contributed by atoms with Crippen LogP contribution in [0.4, 0.5) is 0 Å². The summed E-state index contributed by atoms with van der Waals surface area (Å²) in [6.45, 7) is 33.3. The van der Waals surface area contributed by atoms with Gasteiger partial charge in [0.1, 0.15) is 0 Å². The summed E-state index contributed by atoms with van der Waals surface area (Å²) >= 11 is 4.28. The fourth-order valence-corrected chi connectivity index (χ4v) is 10.6. The van der Waals surface area contributed by atoms with Gasteiger partial charge in [-0.05, 0) is 123 Å². The van der Waals surface area contributed by atoms with Crippen molar-refractivity contribution in [3.8, 4) is 0 Å². The molecule has 0 spiro atoms. The second-order valence-electron chi connectivity index (χ2n) is 18.5. The van der Waals surface area contributed by atoms with Crippen molar-refractivity contribution in [2.45, 2.75) is 147 Å². The summed E-state index contributed by atoms with van der Waals surface area (Å²) in [5, 5.41) is 0. The highest BCUT2D eigenvalue weighted by Crippen LogP contribution is 2.70. The standard InChI is InChI=1S/C43H56S2/c1-38(2,3)28-18-26(19-29(22-28)39(4,5)6)36-24-34-32-16-15-17-33(32)35-25-37(45-43(35,14)42(34,13)44-36)27-20-30(40(7,8)9)23-31(21-27)41(10,11)12/h18-25H,15-17H2,1-14H3/t42-,43-/m1/s1. The van der Waals surface area contributed by atoms with Crippen molar-refractivity contribution in [3.63, 3.8) is 0 Å². The third-order valence-corrected chi connectivity index (χ3v) is 14.2. The SMILES string of the molecule is CC(C)(C)c1cc(C2=CC3=C4CCCC4=C4C=C(c5cc(C(C)(C)C)cc(C(C)(C)C)c5)S[C@@]4(C)[C@]3(C)S2)cc(C(C)(C)C)c1. The van der Waals surface area contributed by atoms with Crippen LogP contribution in [0.25, 0.3) is 9.81 Å². The lowest BCUT2D eigenvalue weighted by molar-refractivity contribution is 0.568. The maximum absolute atomic E-state index is 2.61. The van der Waals surface area contributed by atoms with Crippen LogP contribution in [0.3, 0.4) is 0 Å². The van der Waals surface area contributed by atoms with Crippen molar-refractivity contribution in [2.75, 3.05) is 0 Å². The predicted octanol–water partition coefficient (Wildman–Crippen LogP) is 13.1. The lowest BCUT2D eigenvalue weighted by Crippen LogP contribution is -2.47. The van der Waals surface area contributed by atoms with Crippen molar-refractivity contribution < 1.29 is 0 Å². The summed E-state index contributed by atoms with van der Waals surface area (Å²) in [6, 6.07) is 14.9. The third kappa shape index (κ3) is 5.48. The van der Waals surface area contributed by atoms with E-state index in [-0.39, 0.29) is 31.2 Å². The van der Waals surface area contributed by atoms with Gasteiger partial charge in [-0.2, -0.15) is 0 Å². The summed E-state index contributed by atoms with van der Waals surface area (Å²) in [4.78, 5) is 2.90. The number of fused-ring (bicyclic) bond motifs is 4. The van der Waals surface area contributed by atoms with Crippen LogP contribution in [0.15, 0.2) is 70.8 Å². The maximum atomic E-state index is 2.61. The van der Waals surface area contributed by atoms with E-state index in [9.17, 15) is 0 Å². The van der Waals surface area contributed by atoms with Gasteiger partial charge >= 0.3 is 0 Å². The molecule has 0 aromatic heterocycles. The minimum atomic E-state index is -0.0299. The Kier molecular flexibility index (Phi) is 7.56. The van der Waals surface area contributed by atoms with Crippen LogP contribution in [0, 0.1) is 0 Å². The zero-order valence-electron chi connectivity index (χ0n) is 30.6. The fourth-order valence-electron chi connectivity index (χ4n) is 7.50. The quantitative estimate of drug-likeness (QED) is 0.322. The Morgan fingerprint density at radius 3 is 1.02 bits per heavy atom. The molecule has 2 aromatic carbocycles. The first-order chi connectivity index (χ1) is 20.5. The highest BCUT2D eigenvalue weighted by molar-refractivity contribution is 8.14. The molecule has 2 aromatic rings. The molecule has 0 radical (unpaired) electrons. The molecule has 0 amide bonds. The van der Waals surface area contributed by atoms with E-state index in [2.05, 4.69) is 169 Å². The van der Waals surface area contributed by atoms with Crippen LogP contribution in [0.2, 0.25) is 0 Å². The van der Waals surface area contributed by atoms with E-state index < -0.39 is 0 Å². The van der Waals surface area contributed by atoms with Crippen molar-refractivity contribution in [3.05, 3.63) is 104 Å². The average molecular weight is 637 g/mol. The van der Waals surface area contributed by atoms with Gasteiger partial charge in [0, 0.05) is 9.81 Å². The van der Waals surface area contributed by atoms with E-state index >= 15 is 0 Å². The molecule has 0 unspecified atom stereocenters. The van der Waals surface area contributed by atoms with E-state index in [0.717, 1.165) is 0 Å². The minimum absolute atomic E-state index is 0.0299. The molecule has 6 rings (SSSR count). The molecule has 2 atom stereocenters. The van der Waals surface area contributed by atoms with Crippen LogP contribution in [-0.4, -0.2) is 9.49 Å². The molecule has 45 heavy (non-hydrogen) atoms. The Balaban J connectivity index is 1.48. The largest absolute Gasteiger partial charge is 0.112 e. The van der Waals surface area contributed by atoms with Gasteiger partial charge in [-0.3, -0.25) is 0 Å². The number of hydrogen-bond donors (Lipinski definition) is 0. The van der Waals surface area contributed by atoms with Crippen molar-refractivity contribution in [1.82, 2.24) is 0 Å². The molecule has 2 aliphatic heterocycles. The first-order valence-electron chi connectivity index (χ1n) is 17.1. The van der Waals surface area contributed by atoms with E-state index in [4.69, 9.17) is 0 Å². The number of thioether (sulfide) groups is 2. The molecule has 2 heteroatoms. The van der Waals surface area contributed by atoms with Crippen LogP contribution >= 0.6 is 23.5 Å². The Hall–Kier alpha value is -1.90. The van der Waals surface area contributed by atoms with Gasteiger partial charge in [0.2, 0.25) is 0 Å². The first kappa shape index (κ1) is 33.0. The summed E-state index contributed by atoms with van der Waals surface area (Å²) in [7, 11) is 0. The lowest BCUT2D eigenvalue weighted by atomic mass is 9.72. The second kappa shape index (κ2) is 10.3. The molecule has 0 bridgehead atoms. The number of allylic oxidation sites excluding steroid dienone is 4. The van der Waals surface area contributed by atoms with Gasteiger partial charge < -0.3 is 0 Å². The van der Waals surface area contributed by atoms with Crippen LogP contribution in [0.5, 0.6) is 0 Å². The second-order valence-corrected chi connectivity index (χ2v) is 21.4. The average Bonchev–Trinajstić information content (AvgIpc) is 3.62. The zero-order valence-corrected chi connectivity index (χ0v) is 32.2. The van der Waals surface area contributed by atoms with Gasteiger partial charge in [-0.25, -0.2) is 0 Å². The molecular weight excluding hydrogens is 581 g/mol. The highest BCUT2D eigenvalue weighted by atomic mass is 32.2. The number of rotatable bonds is 2. The normalized spacial score (nSPS) is 25.4. The van der Waals surface area contributed by atoms with Crippen molar-refractivity contribution in [2.24, 2.45) is 0 Å². The first-order valence-corrected chi connectivity index (χ1v) is 18.8. The Bertz CT molecular complexity index is 1520. The molecule has 240 valence electrons. The fraction of sp³-hybridized carbons (Fsp3) is 0.535. The lowest BCUT2D eigenvalue weighted by Gasteiger charge is -2.47. The highest BCUT2D eigenvalue weighted by Gasteiger charge is 2.59. The smallest absolute Gasteiger partial charge is 0.0618 e. The monoisotopic (exact) mass is 636 g/mol. The van der Waals surface area contributed by atoms with Crippen molar-refractivity contribution >= 4 is 33.3 Å². The Morgan fingerprint density at radius 2 is 0.756 bits per heavy atom. The molecule has 0 N–H and O–H groups in total. The molecule has 0 nitrogen and oxygen atoms in total. The molecule has 0 saturated heterocycles. The summed E-state index contributed by atoms with van der Waals surface area (Å²) in [6.07, 6.45) is 8.91. The van der Waals surface area contributed by atoms with Crippen LogP contribution < -0.4 is 0 Å². The third-order valence-electron chi connectivity index (χ3n) is 10.9.